The quantitative estimate of drug-likeness (QED) is 0.686. The maximum atomic E-state index is 11.1. The standard InChI is InChI=1S/C11H6ClNO3S/c12-10-3-7(11(15)16)8(4-13-10)9-2-1-6(5-14)17-9/h1-5H,(H,15,16). The Morgan fingerprint density at radius 2 is 2.24 bits per heavy atom. The first kappa shape index (κ1) is 11.8. The molecule has 0 atom stereocenters. The van der Waals surface area contributed by atoms with Gasteiger partial charge in [0.2, 0.25) is 0 Å². The predicted molar refractivity (Wildman–Crippen MR) is 64.9 cm³/mol. The van der Waals surface area contributed by atoms with Gasteiger partial charge in [-0.1, -0.05) is 11.6 Å². The second kappa shape index (κ2) is 4.65. The Morgan fingerprint density at radius 1 is 1.47 bits per heavy atom. The lowest BCUT2D eigenvalue weighted by Gasteiger charge is -2.03. The zero-order chi connectivity index (χ0) is 12.4. The number of carboxylic acids is 1. The van der Waals surface area contributed by atoms with Crippen molar-refractivity contribution in [2.75, 3.05) is 0 Å². The molecule has 0 amide bonds. The SMILES string of the molecule is O=Cc1ccc(-c2cnc(Cl)cc2C(=O)O)s1. The van der Waals surface area contributed by atoms with E-state index in [1.54, 1.807) is 12.1 Å². The van der Waals surface area contributed by atoms with Crippen LogP contribution >= 0.6 is 22.9 Å². The van der Waals surface area contributed by atoms with Crippen molar-refractivity contribution in [3.05, 3.63) is 40.0 Å². The number of aromatic nitrogens is 1. The van der Waals surface area contributed by atoms with Crippen LogP contribution in [-0.2, 0) is 0 Å². The second-order valence-electron chi connectivity index (χ2n) is 3.18. The number of halogens is 1. The highest BCUT2D eigenvalue weighted by molar-refractivity contribution is 7.17. The van der Waals surface area contributed by atoms with E-state index in [2.05, 4.69) is 4.98 Å². The van der Waals surface area contributed by atoms with Crippen LogP contribution in [0.25, 0.3) is 10.4 Å². The largest absolute Gasteiger partial charge is 0.478 e. The first-order chi connectivity index (χ1) is 8.11. The smallest absolute Gasteiger partial charge is 0.336 e. The molecule has 17 heavy (non-hydrogen) atoms. The van der Waals surface area contributed by atoms with Gasteiger partial charge in [-0.05, 0) is 18.2 Å². The van der Waals surface area contributed by atoms with Gasteiger partial charge in [-0.3, -0.25) is 4.79 Å². The minimum atomic E-state index is -1.08. The second-order valence-corrected chi connectivity index (χ2v) is 4.68. The van der Waals surface area contributed by atoms with Crippen LogP contribution in [0.4, 0.5) is 0 Å². The van der Waals surface area contributed by atoms with E-state index in [1.807, 2.05) is 0 Å². The van der Waals surface area contributed by atoms with Crippen molar-refractivity contribution >= 4 is 35.2 Å². The summed E-state index contributed by atoms with van der Waals surface area (Å²) in [6, 6.07) is 4.61. The van der Waals surface area contributed by atoms with Crippen LogP contribution in [-0.4, -0.2) is 22.3 Å². The number of aromatic carboxylic acids is 1. The van der Waals surface area contributed by atoms with Crippen LogP contribution in [0.3, 0.4) is 0 Å². The lowest BCUT2D eigenvalue weighted by atomic mass is 10.1. The topological polar surface area (TPSA) is 67.3 Å². The van der Waals surface area contributed by atoms with Crippen LogP contribution in [0, 0.1) is 0 Å². The Kier molecular flexibility index (Phi) is 3.21. The molecule has 2 aromatic heterocycles. The van der Waals surface area contributed by atoms with Gasteiger partial charge in [-0.15, -0.1) is 11.3 Å². The summed E-state index contributed by atoms with van der Waals surface area (Å²) < 4.78 is 0. The van der Waals surface area contributed by atoms with E-state index in [-0.39, 0.29) is 10.7 Å². The van der Waals surface area contributed by atoms with E-state index in [0.29, 0.717) is 15.3 Å². The zero-order valence-corrected chi connectivity index (χ0v) is 9.96. The highest BCUT2D eigenvalue weighted by Gasteiger charge is 2.14. The van der Waals surface area contributed by atoms with Crippen molar-refractivity contribution < 1.29 is 14.7 Å². The van der Waals surface area contributed by atoms with Gasteiger partial charge in [-0.2, -0.15) is 0 Å². The van der Waals surface area contributed by atoms with Gasteiger partial charge in [0.05, 0.1) is 10.4 Å². The van der Waals surface area contributed by atoms with Crippen LogP contribution < -0.4 is 0 Å². The summed E-state index contributed by atoms with van der Waals surface area (Å²) in [5.74, 6) is -1.08. The number of carboxylic acid groups (broad SMARTS) is 1. The lowest BCUT2D eigenvalue weighted by Crippen LogP contribution is -1.99. The summed E-state index contributed by atoms with van der Waals surface area (Å²) in [5.41, 5.74) is 0.532. The Labute approximate surface area is 105 Å². The minimum Gasteiger partial charge on any atom is -0.478 e. The number of thiophene rings is 1. The molecule has 0 fully saturated rings. The maximum Gasteiger partial charge on any atom is 0.336 e. The Balaban J connectivity index is 2.58. The average molecular weight is 268 g/mol. The Hall–Kier alpha value is -1.72. The number of carbonyl (C=O) groups is 2. The number of aldehydes is 1. The summed E-state index contributed by atoms with van der Waals surface area (Å²) in [6.07, 6.45) is 2.12. The molecular formula is C11H6ClNO3S. The van der Waals surface area contributed by atoms with Crippen molar-refractivity contribution in [3.8, 4) is 10.4 Å². The molecule has 0 bridgehead atoms. The molecule has 6 heteroatoms. The number of carbonyl (C=O) groups excluding carboxylic acids is 1. The molecule has 2 rings (SSSR count). The van der Waals surface area contributed by atoms with E-state index in [4.69, 9.17) is 16.7 Å². The first-order valence-corrected chi connectivity index (χ1v) is 5.75. The van der Waals surface area contributed by atoms with Gasteiger partial charge >= 0.3 is 5.97 Å². The third kappa shape index (κ3) is 2.35. The normalized spacial score (nSPS) is 10.2. The number of hydrogen-bond donors (Lipinski definition) is 1. The van der Waals surface area contributed by atoms with Crippen LogP contribution in [0.2, 0.25) is 5.15 Å². The highest BCUT2D eigenvalue weighted by atomic mass is 35.5. The first-order valence-electron chi connectivity index (χ1n) is 4.56. The van der Waals surface area contributed by atoms with Gasteiger partial charge in [0.1, 0.15) is 5.15 Å². The molecule has 0 unspecified atom stereocenters. The van der Waals surface area contributed by atoms with E-state index >= 15 is 0 Å². The summed E-state index contributed by atoms with van der Waals surface area (Å²) in [4.78, 5) is 26.7. The fourth-order valence-electron chi connectivity index (χ4n) is 1.36. The van der Waals surface area contributed by atoms with Crippen molar-refractivity contribution in [3.63, 3.8) is 0 Å². The van der Waals surface area contributed by atoms with Gasteiger partial charge in [0.15, 0.2) is 6.29 Å². The fraction of sp³-hybridized carbons (Fsp3) is 0. The van der Waals surface area contributed by atoms with Gasteiger partial charge in [0, 0.05) is 16.6 Å². The van der Waals surface area contributed by atoms with Crippen molar-refractivity contribution in [2.45, 2.75) is 0 Å². The fourth-order valence-corrected chi connectivity index (χ4v) is 2.37. The molecule has 0 aliphatic carbocycles. The predicted octanol–water partition coefficient (Wildman–Crippen LogP) is 2.97. The van der Waals surface area contributed by atoms with Crippen molar-refractivity contribution in [1.29, 1.82) is 0 Å². The molecule has 4 nitrogen and oxygen atoms in total. The minimum absolute atomic E-state index is 0.0734. The van der Waals surface area contributed by atoms with Crippen molar-refractivity contribution in [2.24, 2.45) is 0 Å². The molecule has 1 N–H and O–H groups in total. The molecule has 0 saturated heterocycles. The molecule has 2 heterocycles. The Bertz CT molecular complexity index is 594. The molecule has 0 radical (unpaired) electrons. The molecule has 0 saturated carbocycles. The van der Waals surface area contributed by atoms with E-state index in [1.165, 1.54) is 23.6 Å². The maximum absolute atomic E-state index is 11.1. The molecule has 0 aliphatic heterocycles. The molecule has 0 aromatic carbocycles. The summed E-state index contributed by atoms with van der Waals surface area (Å²) >= 11 is 6.86. The summed E-state index contributed by atoms with van der Waals surface area (Å²) in [7, 11) is 0. The lowest BCUT2D eigenvalue weighted by molar-refractivity contribution is 0.0697. The van der Waals surface area contributed by atoms with Crippen molar-refractivity contribution in [1.82, 2.24) is 4.98 Å². The Morgan fingerprint density at radius 3 is 2.82 bits per heavy atom. The molecule has 2 aromatic rings. The zero-order valence-electron chi connectivity index (χ0n) is 8.38. The van der Waals surface area contributed by atoms with Gasteiger partial charge < -0.3 is 5.11 Å². The van der Waals surface area contributed by atoms with E-state index < -0.39 is 5.97 Å². The van der Waals surface area contributed by atoms with Crippen LogP contribution in [0.1, 0.15) is 20.0 Å². The average Bonchev–Trinajstić information content (AvgIpc) is 2.77. The van der Waals surface area contributed by atoms with Gasteiger partial charge in [0.25, 0.3) is 0 Å². The number of nitrogens with zero attached hydrogens (tertiary/aromatic N) is 1. The summed E-state index contributed by atoms with van der Waals surface area (Å²) in [6.45, 7) is 0. The number of rotatable bonds is 3. The molecule has 0 spiro atoms. The third-order valence-corrected chi connectivity index (χ3v) is 3.36. The van der Waals surface area contributed by atoms with E-state index in [9.17, 15) is 9.59 Å². The third-order valence-electron chi connectivity index (χ3n) is 2.11. The van der Waals surface area contributed by atoms with Crippen LogP contribution in [0.5, 0.6) is 0 Å². The monoisotopic (exact) mass is 267 g/mol. The highest BCUT2D eigenvalue weighted by Crippen LogP contribution is 2.30. The van der Waals surface area contributed by atoms with Gasteiger partial charge in [-0.25, -0.2) is 9.78 Å². The number of hydrogen-bond acceptors (Lipinski definition) is 4. The van der Waals surface area contributed by atoms with Crippen LogP contribution in [0.15, 0.2) is 24.4 Å². The molecule has 0 aliphatic rings. The summed E-state index contributed by atoms with van der Waals surface area (Å²) in [5, 5.41) is 9.19. The number of pyridine rings is 1. The van der Waals surface area contributed by atoms with E-state index in [0.717, 1.165) is 6.29 Å². The molecular weight excluding hydrogens is 262 g/mol. The molecule has 86 valence electrons.